The third-order valence-corrected chi connectivity index (χ3v) is 3.68. The number of hydrogen-bond acceptors (Lipinski definition) is 4. The second-order valence-electron chi connectivity index (χ2n) is 5.23. The first kappa shape index (κ1) is 14.6. The SMILES string of the molecule is Cc1ncsc1CN(C)CC(C)CNC(C)C. The Bertz CT molecular complexity index is 322. The highest BCUT2D eigenvalue weighted by Crippen LogP contribution is 2.14. The molecule has 0 spiro atoms. The summed E-state index contributed by atoms with van der Waals surface area (Å²) < 4.78 is 0. The first-order chi connectivity index (χ1) is 7.99. The first-order valence-corrected chi connectivity index (χ1v) is 7.18. The minimum Gasteiger partial charge on any atom is -0.314 e. The third kappa shape index (κ3) is 5.61. The molecular formula is C13H25N3S. The Labute approximate surface area is 109 Å². The fraction of sp³-hybridized carbons (Fsp3) is 0.769. The summed E-state index contributed by atoms with van der Waals surface area (Å²) in [4.78, 5) is 8.06. The summed E-state index contributed by atoms with van der Waals surface area (Å²) in [5.74, 6) is 0.677. The van der Waals surface area contributed by atoms with Gasteiger partial charge in [0.05, 0.1) is 11.2 Å². The Hall–Kier alpha value is -0.450. The van der Waals surface area contributed by atoms with E-state index in [9.17, 15) is 0 Å². The maximum atomic E-state index is 4.29. The van der Waals surface area contributed by atoms with Crippen LogP contribution in [0.25, 0.3) is 0 Å². The molecule has 0 aliphatic rings. The van der Waals surface area contributed by atoms with E-state index in [1.54, 1.807) is 11.3 Å². The molecule has 1 N–H and O–H groups in total. The van der Waals surface area contributed by atoms with Crippen LogP contribution in [0.2, 0.25) is 0 Å². The van der Waals surface area contributed by atoms with Crippen molar-refractivity contribution in [1.29, 1.82) is 0 Å². The number of nitrogens with zero attached hydrogens (tertiary/aromatic N) is 2. The summed E-state index contributed by atoms with van der Waals surface area (Å²) in [6.45, 7) is 12.0. The molecule has 17 heavy (non-hydrogen) atoms. The zero-order valence-corrected chi connectivity index (χ0v) is 12.5. The molecule has 1 unspecified atom stereocenters. The number of hydrogen-bond donors (Lipinski definition) is 1. The van der Waals surface area contributed by atoms with Crippen LogP contribution in [0.4, 0.5) is 0 Å². The Balaban J connectivity index is 2.29. The molecule has 1 atom stereocenters. The molecule has 0 aliphatic heterocycles. The Morgan fingerprint density at radius 3 is 2.65 bits per heavy atom. The predicted molar refractivity (Wildman–Crippen MR) is 75.5 cm³/mol. The van der Waals surface area contributed by atoms with E-state index >= 15 is 0 Å². The van der Waals surface area contributed by atoms with Gasteiger partial charge in [0.1, 0.15) is 0 Å². The van der Waals surface area contributed by atoms with Crippen molar-refractivity contribution in [3.05, 3.63) is 16.1 Å². The summed E-state index contributed by atoms with van der Waals surface area (Å²) >= 11 is 1.75. The van der Waals surface area contributed by atoms with Crippen LogP contribution in [-0.4, -0.2) is 36.1 Å². The molecule has 4 heteroatoms. The molecule has 0 fully saturated rings. The summed E-state index contributed by atoms with van der Waals surface area (Å²) in [5, 5.41) is 3.48. The van der Waals surface area contributed by atoms with Crippen LogP contribution in [0.3, 0.4) is 0 Å². The summed E-state index contributed by atoms with van der Waals surface area (Å²) in [7, 11) is 2.19. The fourth-order valence-electron chi connectivity index (χ4n) is 1.82. The molecule has 0 radical (unpaired) electrons. The Kier molecular flexibility index (Phi) is 6.09. The second-order valence-corrected chi connectivity index (χ2v) is 6.17. The highest BCUT2D eigenvalue weighted by atomic mass is 32.1. The van der Waals surface area contributed by atoms with Gasteiger partial charge in [-0.3, -0.25) is 0 Å². The average molecular weight is 255 g/mol. The molecule has 0 saturated heterocycles. The van der Waals surface area contributed by atoms with Crippen LogP contribution in [0.15, 0.2) is 5.51 Å². The molecule has 3 nitrogen and oxygen atoms in total. The van der Waals surface area contributed by atoms with Gasteiger partial charge in [-0.25, -0.2) is 4.98 Å². The Morgan fingerprint density at radius 1 is 1.41 bits per heavy atom. The first-order valence-electron chi connectivity index (χ1n) is 6.30. The highest BCUT2D eigenvalue weighted by Gasteiger charge is 2.09. The number of rotatable bonds is 7. The van der Waals surface area contributed by atoms with Crippen molar-refractivity contribution >= 4 is 11.3 Å². The molecule has 1 rings (SSSR count). The molecule has 0 saturated carbocycles. The van der Waals surface area contributed by atoms with Crippen molar-refractivity contribution in [3.63, 3.8) is 0 Å². The van der Waals surface area contributed by atoms with Gasteiger partial charge in [-0.2, -0.15) is 0 Å². The molecule has 0 amide bonds. The lowest BCUT2D eigenvalue weighted by molar-refractivity contribution is 0.272. The zero-order chi connectivity index (χ0) is 12.8. The van der Waals surface area contributed by atoms with E-state index in [2.05, 4.69) is 49.9 Å². The van der Waals surface area contributed by atoms with Crippen molar-refractivity contribution < 1.29 is 0 Å². The zero-order valence-electron chi connectivity index (χ0n) is 11.7. The monoisotopic (exact) mass is 255 g/mol. The number of nitrogens with one attached hydrogen (secondary N) is 1. The minimum atomic E-state index is 0.575. The lowest BCUT2D eigenvalue weighted by Crippen LogP contribution is -2.33. The van der Waals surface area contributed by atoms with Crippen molar-refractivity contribution in [3.8, 4) is 0 Å². The molecule has 0 aromatic carbocycles. The van der Waals surface area contributed by atoms with E-state index in [1.807, 2.05) is 5.51 Å². The molecule has 98 valence electrons. The van der Waals surface area contributed by atoms with Crippen LogP contribution >= 0.6 is 11.3 Å². The third-order valence-electron chi connectivity index (χ3n) is 2.76. The summed E-state index contributed by atoms with van der Waals surface area (Å²) in [6, 6.07) is 0.575. The maximum Gasteiger partial charge on any atom is 0.0798 e. The van der Waals surface area contributed by atoms with Crippen molar-refractivity contribution in [2.24, 2.45) is 5.92 Å². The summed E-state index contributed by atoms with van der Waals surface area (Å²) in [6.07, 6.45) is 0. The summed E-state index contributed by atoms with van der Waals surface area (Å²) in [5.41, 5.74) is 3.11. The average Bonchev–Trinajstić information content (AvgIpc) is 2.61. The van der Waals surface area contributed by atoms with Crippen molar-refractivity contribution in [1.82, 2.24) is 15.2 Å². The van der Waals surface area contributed by atoms with Gasteiger partial charge in [-0.05, 0) is 26.4 Å². The lowest BCUT2D eigenvalue weighted by Gasteiger charge is -2.22. The predicted octanol–water partition coefficient (Wildman–Crippen LogP) is 2.52. The van der Waals surface area contributed by atoms with Gasteiger partial charge in [0.2, 0.25) is 0 Å². The molecular weight excluding hydrogens is 230 g/mol. The number of thiazole rings is 1. The van der Waals surface area contributed by atoms with E-state index < -0.39 is 0 Å². The van der Waals surface area contributed by atoms with Gasteiger partial charge >= 0.3 is 0 Å². The normalized spacial score (nSPS) is 13.6. The lowest BCUT2D eigenvalue weighted by atomic mass is 10.1. The maximum absolute atomic E-state index is 4.29. The van der Waals surface area contributed by atoms with Gasteiger partial charge < -0.3 is 10.2 Å². The number of aryl methyl sites for hydroxylation is 1. The fourth-order valence-corrected chi connectivity index (χ4v) is 2.68. The van der Waals surface area contributed by atoms with E-state index in [-0.39, 0.29) is 0 Å². The van der Waals surface area contributed by atoms with Crippen LogP contribution in [0, 0.1) is 12.8 Å². The molecule has 1 aromatic heterocycles. The van der Waals surface area contributed by atoms with E-state index in [0.717, 1.165) is 19.6 Å². The van der Waals surface area contributed by atoms with Crippen molar-refractivity contribution in [2.75, 3.05) is 20.1 Å². The van der Waals surface area contributed by atoms with Crippen LogP contribution < -0.4 is 5.32 Å². The van der Waals surface area contributed by atoms with E-state index in [1.165, 1.54) is 10.6 Å². The topological polar surface area (TPSA) is 28.2 Å². The van der Waals surface area contributed by atoms with Gasteiger partial charge in [0, 0.05) is 24.0 Å². The van der Waals surface area contributed by atoms with Gasteiger partial charge in [0.15, 0.2) is 0 Å². The number of aromatic nitrogens is 1. The highest BCUT2D eigenvalue weighted by molar-refractivity contribution is 7.09. The quantitative estimate of drug-likeness (QED) is 0.811. The largest absolute Gasteiger partial charge is 0.314 e. The standard InChI is InChI=1S/C13H25N3S/c1-10(2)14-6-11(3)7-16(5)8-13-12(4)15-9-17-13/h9-11,14H,6-8H2,1-5H3. The second kappa shape index (κ2) is 7.09. The molecule has 0 aliphatic carbocycles. The molecule has 1 heterocycles. The molecule has 1 aromatic rings. The van der Waals surface area contributed by atoms with Gasteiger partial charge in [0.25, 0.3) is 0 Å². The minimum absolute atomic E-state index is 0.575. The molecule has 0 bridgehead atoms. The van der Waals surface area contributed by atoms with E-state index in [4.69, 9.17) is 0 Å². The van der Waals surface area contributed by atoms with E-state index in [0.29, 0.717) is 12.0 Å². The van der Waals surface area contributed by atoms with Gasteiger partial charge in [-0.15, -0.1) is 11.3 Å². The Morgan fingerprint density at radius 2 is 2.12 bits per heavy atom. The van der Waals surface area contributed by atoms with Crippen LogP contribution in [0.1, 0.15) is 31.3 Å². The van der Waals surface area contributed by atoms with Crippen LogP contribution in [-0.2, 0) is 6.54 Å². The van der Waals surface area contributed by atoms with Crippen molar-refractivity contribution in [2.45, 2.75) is 40.3 Å². The van der Waals surface area contributed by atoms with Crippen LogP contribution in [0.5, 0.6) is 0 Å². The smallest absolute Gasteiger partial charge is 0.0798 e. The van der Waals surface area contributed by atoms with Gasteiger partial charge in [-0.1, -0.05) is 20.8 Å².